The van der Waals surface area contributed by atoms with Gasteiger partial charge in [-0.2, -0.15) is 0 Å². The fraction of sp³-hybridized carbons (Fsp3) is 0.929. The number of likely N-dealkylation sites (tertiary alicyclic amines) is 1. The molecule has 0 aliphatic carbocycles. The van der Waals surface area contributed by atoms with Gasteiger partial charge < -0.3 is 9.64 Å². The minimum atomic E-state index is -0.0238. The quantitative estimate of drug-likeness (QED) is 0.715. The molecule has 17 heavy (non-hydrogen) atoms. The van der Waals surface area contributed by atoms with Crippen LogP contribution in [-0.2, 0) is 9.53 Å². The fourth-order valence-electron chi connectivity index (χ4n) is 2.94. The van der Waals surface area contributed by atoms with Crippen LogP contribution in [0, 0.1) is 5.92 Å². The third kappa shape index (κ3) is 3.01. The maximum Gasteiger partial charge on any atom is 0.225 e. The summed E-state index contributed by atoms with van der Waals surface area (Å²) in [4.78, 5) is 14.5. The van der Waals surface area contributed by atoms with Gasteiger partial charge in [0.1, 0.15) is 0 Å². The van der Waals surface area contributed by atoms with Crippen LogP contribution in [0.1, 0.15) is 52.9 Å². The van der Waals surface area contributed by atoms with Crippen molar-refractivity contribution in [2.75, 3.05) is 20.3 Å². The van der Waals surface area contributed by atoms with Gasteiger partial charge in [0, 0.05) is 19.6 Å². The van der Waals surface area contributed by atoms with Crippen LogP contribution >= 0.6 is 0 Å². The summed E-state index contributed by atoms with van der Waals surface area (Å²) < 4.78 is 5.38. The van der Waals surface area contributed by atoms with Gasteiger partial charge in [-0.15, -0.1) is 0 Å². The number of rotatable bonds is 6. The molecule has 3 heteroatoms. The van der Waals surface area contributed by atoms with Gasteiger partial charge in [0.25, 0.3) is 0 Å². The van der Waals surface area contributed by atoms with Crippen molar-refractivity contribution in [2.24, 2.45) is 5.92 Å². The van der Waals surface area contributed by atoms with Crippen molar-refractivity contribution >= 4 is 5.91 Å². The molecule has 0 bridgehead atoms. The first kappa shape index (κ1) is 14.5. The summed E-state index contributed by atoms with van der Waals surface area (Å²) in [6, 6.07) is 0. The molecule has 1 aliphatic rings. The molecule has 0 aromatic rings. The van der Waals surface area contributed by atoms with E-state index in [2.05, 4.69) is 18.7 Å². The molecule has 0 N–H and O–H groups in total. The number of hydrogen-bond donors (Lipinski definition) is 0. The molecule has 0 radical (unpaired) electrons. The minimum absolute atomic E-state index is 0.0238. The highest BCUT2D eigenvalue weighted by atomic mass is 16.5. The number of amides is 1. The summed E-state index contributed by atoms with van der Waals surface area (Å²) in [6.07, 6.45) is 5.30. The SMILES string of the molecule is CCCC1(COC)CCCN1C(=O)C(C)CC. The van der Waals surface area contributed by atoms with Crippen LogP contribution < -0.4 is 0 Å². The van der Waals surface area contributed by atoms with E-state index in [1.165, 1.54) is 0 Å². The van der Waals surface area contributed by atoms with Gasteiger partial charge in [-0.3, -0.25) is 4.79 Å². The van der Waals surface area contributed by atoms with Crippen LogP contribution in [0.4, 0.5) is 0 Å². The van der Waals surface area contributed by atoms with Crippen LogP contribution in [0.5, 0.6) is 0 Å². The van der Waals surface area contributed by atoms with Gasteiger partial charge >= 0.3 is 0 Å². The van der Waals surface area contributed by atoms with Crippen molar-refractivity contribution in [3.05, 3.63) is 0 Å². The molecule has 1 fully saturated rings. The zero-order valence-corrected chi connectivity index (χ0v) is 11.8. The third-order valence-corrected chi connectivity index (χ3v) is 4.02. The summed E-state index contributed by atoms with van der Waals surface area (Å²) in [5.41, 5.74) is -0.0238. The first-order chi connectivity index (χ1) is 8.11. The number of nitrogens with zero attached hydrogens (tertiary/aromatic N) is 1. The van der Waals surface area contributed by atoms with Crippen molar-refractivity contribution < 1.29 is 9.53 Å². The topological polar surface area (TPSA) is 29.5 Å². The number of hydrogen-bond acceptors (Lipinski definition) is 2. The Bertz CT molecular complexity index is 247. The molecule has 0 aromatic carbocycles. The highest BCUT2D eigenvalue weighted by Crippen LogP contribution is 2.35. The molecule has 0 aromatic heterocycles. The fourth-order valence-corrected chi connectivity index (χ4v) is 2.94. The van der Waals surface area contributed by atoms with Crippen LogP contribution in [0.25, 0.3) is 0 Å². The normalized spacial score (nSPS) is 26.2. The van der Waals surface area contributed by atoms with Gasteiger partial charge in [-0.25, -0.2) is 0 Å². The standard InChI is InChI=1S/C14H27NO2/c1-5-8-14(11-17-4)9-7-10-15(14)13(16)12(3)6-2/h12H,5-11H2,1-4H3. The highest BCUT2D eigenvalue weighted by molar-refractivity contribution is 5.79. The number of methoxy groups -OCH3 is 1. The number of carbonyl (C=O) groups is 1. The lowest BCUT2D eigenvalue weighted by atomic mass is 9.90. The molecule has 1 saturated heterocycles. The van der Waals surface area contributed by atoms with Crippen molar-refractivity contribution in [3.63, 3.8) is 0 Å². The molecule has 100 valence electrons. The zero-order chi connectivity index (χ0) is 12.9. The van der Waals surface area contributed by atoms with Gasteiger partial charge in [0.15, 0.2) is 0 Å². The van der Waals surface area contributed by atoms with E-state index < -0.39 is 0 Å². The number of ether oxygens (including phenoxy) is 1. The monoisotopic (exact) mass is 241 g/mol. The Morgan fingerprint density at radius 2 is 2.18 bits per heavy atom. The molecule has 1 heterocycles. The molecular weight excluding hydrogens is 214 g/mol. The Hall–Kier alpha value is -0.570. The molecule has 0 saturated carbocycles. The second-order valence-electron chi connectivity index (χ2n) is 5.31. The maximum atomic E-state index is 12.4. The van der Waals surface area contributed by atoms with E-state index >= 15 is 0 Å². The predicted octanol–water partition coefficient (Wildman–Crippen LogP) is 2.84. The van der Waals surface area contributed by atoms with E-state index in [0.717, 1.165) is 38.6 Å². The Labute approximate surface area is 106 Å². The van der Waals surface area contributed by atoms with Crippen LogP contribution in [0.2, 0.25) is 0 Å². The first-order valence-electron chi connectivity index (χ1n) is 6.91. The summed E-state index contributed by atoms with van der Waals surface area (Å²) in [5.74, 6) is 0.455. The molecule has 3 nitrogen and oxygen atoms in total. The molecular formula is C14H27NO2. The van der Waals surface area contributed by atoms with E-state index in [-0.39, 0.29) is 11.5 Å². The zero-order valence-electron chi connectivity index (χ0n) is 11.8. The second-order valence-corrected chi connectivity index (χ2v) is 5.31. The smallest absolute Gasteiger partial charge is 0.225 e. The average molecular weight is 241 g/mol. The van der Waals surface area contributed by atoms with Gasteiger partial charge in [-0.1, -0.05) is 27.2 Å². The third-order valence-electron chi connectivity index (χ3n) is 4.02. The Kier molecular flexibility index (Phi) is 5.44. The van der Waals surface area contributed by atoms with Gasteiger partial charge in [0.05, 0.1) is 12.1 Å². The molecule has 2 atom stereocenters. The van der Waals surface area contributed by atoms with E-state index in [4.69, 9.17) is 4.74 Å². The lowest BCUT2D eigenvalue weighted by Gasteiger charge is -2.39. The lowest BCUT2D eigenvalue weighted by molar-refractivity contribution is -0.141. The van der Waals surface area contributed by atoms with Crippen molar-refractivity contribution in [3.8, 4) is 0 Å². The van der Waals surface area contributed by atoms with Crippen LogP contribution in [0.3, 0.4) is 0 Å². The molecule has 1 rings (SSSR count). The Balaban J connectivity index is 2.83. The summed E-state index contributed by atoms with van der Waals surface area (Å²) in [6.45, 7) is 7.89. The van der Waals surface area contributed by atoms with Gasteiger partial charge in [-0.05, 0) is 25.7 Å². The van der Waals surface area contributed by atoms with Gasteiger partial charge in [0.2, 0.25) is 5.91 Å². The minimum Gasteiger partial charge on any atom is -0.382 e. The molecule has 2 unspecified atom stereocenters. The van der Waals surface area contributed by atoms with Crippen molar-refractivity contribution in [1.29, 1.82) is 0 Å². The maximum absolute atomic E-state index is 12.4. The second kappa shape index (κ2) is 6.39. The van der Waals surface area contributed by atoms with Crippen molar-refractivity contribution in [2.45, 2.75) is 58.4 Å². The van der Waals surface area contributed by atoms with Crippen LogP contribution in [0.15, 0.2) is 0 Å². The molecule has 0 spiro atoms. The first-order valence-corrected chi connectivity index (χ1v) is 6.91. The van der Waals surface area contributed by atoms with E-state index in [0.29, 0.717) is 12.5 Å². The highest BCUT2D eigenvalue weighted by Gasteiger charge is 2.43. The van der Waals surface area contributed by atoms with E-state index in [1.54, 1.807) is 7.11 Å². The Morgan fingerprint density at radius 3 is 2.71 bits per heavy atom. The van der Waals surface area contributed by atoms with E-state index in [9.17, 15) is 4.79 Å². The summed E-state index contributed by atoms with van der Waals surface area (Å²) >= 11 is 0. The average Bonchev–Trinajstić information content (AvgIpc) is 2.72. The summed E-state index contributed by atoms with van der Waals surface area (Å²) in [7, 11) is 1.74. The van der Waals surface area contributed by atoms with Crippen molar-refractivity contribution in [1.82, 2.24) is 4.90 Å². The predicted molar refractivity (Wildman–Crippen MR) is 69.9 cm³/mol. The largest absolute Gasteiger partial charge is 0.382 e. The summed E-state index contributed by atoms with van der Waals surface area (Å²) in [5, 5.41) is 0. The lowest BCUT2D eigenvalue weighted by Crippen LogP contribution is -2.51. The Morgan fingerprint density at radius 1 is 1.47 bits per heavy atom. The van der Waals surface area contributed by atoms with Crippen LogP contribution in [-0.4, -0.2) is 36.6 Å². The molecule has 1 aliphatic heterocycles. The van der Waals surface area contributed by atoms with E-state index in [1.807, 2.05) is 6.92 Å². The molecule has 1 amide bonds. The number of carbonyl (C=O) groups excluding carboxylic acids is 1.